The predicted molar refractivity (Wildman–Crippen MR) is 77.6 cm³/mol. The van der Waals surface area contributed by atoms with Crippen molar-refractivity contribution in [3.05, 3.63) is 16.4 Å². The van der Waals surface area contributed by atoms with Crippen molar-refractivity contribution in [3.8, 4) is 0 Å². The second-order valence-electron chi connectivity index (χ2n) is 4.53. The molecule has 0 aliphatic carbocycles. The Hall–Kier alpha value is -2.00. The van der Waals surface area contributed by atoms with Crippen LogP contribution in [0.4, 0.5) is 17.3 Å². The lowest BCUT2D eigenvalue weighted by molar-refractivity contribution is -0.383. The molecule has 0 bridgehead atoms. The molecule has 0 fully saturated rings. The van der Waals surface area contributed by atoms with E-state index in [1.807, 2.05) is 25.9 Å². The lowest BCUT2D eigenvalue weighted by atomic mass is 10.3. The Kier molecular flexibility index (Phi) is 6.07. The first-order valence-electron chi connectivity index (χ1n) is 6.36. The van der Waals surface area contributed by atoms with Gasteiger partial charge in [0.1, 0.15) is 6.33 Å². The Labute approximate surface area is 117 Å². The van der Waals surface area contributed by atoms with Crippen LogP contribution in [0.5, 0.6) is 0 Å². The lowest BCUT2D eigenvalue weighted by Crippen LogP contribution is -2.29. The van der Waals surface area contributed by atoms with Gasteiger partial charge in [0.15, 0.2) is 0 Å². The summed E-state index contributed by atoms with van der Waals surface area (Å²) in [5.74, 6) is 5.58. The average Bonchev–Trinajstić information content (AvgIpc) is 2.42. The quantitative estimate of drug-likeness (QED) is 0.401. The summed E-state index contributed by atoms with van der Waals surface area (Å²) in [7, 11) is 3.97. The molecule has 1 rings (SSSR count). The zero-order chi connectivity index (χ0) is 15.1. The van der Waals surface area contributed by atoms with Gasteiger partial charge in [-0.05, 0) is 34.0 Å². The number of hydrogen-bond donors (Lipinski definition) is 2. The normalized spacial score (nSPS) is 10.7. The van der Waals surface area contributed by atoms with Crippen molar-refractivity contribution < 1.29 is 4.92 Å². The van der Waals surface area contributed by atoms with Gasteiger partial charge in [0.05, 0.1) is 4.92 Å². The van der Waals surface area contributed by atoms with Crippen molar-refractivity contribution in [3.63, 3.8) is 0 Å². The van der Waals surface area contributed by atoms with Gasteiger partial charge in [0, 0.05) is 13.1 Å². The molecule has 1 aromatic rings. The molecular formula is C11H21N7O2. The third-order valence-electron chi connectivity index (χ3n) is 2.84. The standard InChI is InChI=1S/C11H21N7O2/c1-4-17(7-5-6-16(2)3)11-9(18(19)20)10(15-12)13-8-14-11/h8H,4-7,12H2,1-3H3,(H,13,14,15). The molecular weight excluding hydrogens is 262 g/mol. The molecule has 3 N–H and O–H groups in total. The average molecular weight is 283 g/mol. The van der Waals surface area contributed by atoms with E-state index in [0.717, 1.165) is 13.0 Å². The molecule has 112 valence electrons. The SMILES string of the molecule is CCN(CCCN(C)C)c1ncnc(NN)c1[N+](=O)[O-]. The molecule has 0 radical (unpaired) electrons. The summed E-state index contributed by atoms with van der Waals surface area (Å²) >= 11 is 0. The molecule has 0 amide bonds. The Balaban J connectivity index is 2.99. The molecule has 0 saturated carbocycles. The largest absolute Gasteiger partial charge is 0.354 e. The van der Waals surface area contributed by atoms with Crippen molar-refractivity contribution in [1.82, 2.24) is 14.9 Å². The number of anilines is 2. The van der Waals surface area contributed by atoms with E-state index in [1.165, 1.54) is 6.33 Å². The first-order valence-corrected chi connectivity index (χ1v) is 6.36. The van der Waals surface area contributed by atoms with Crippen LogP contribution in [0.3, 0.4) is 0 Å². The second kappa shape index (κ2) is 7.56. The van der Waals surface area contributed by atoms with Gasteiger partial charge >= 0.3 is 5.69 Å². The van der Waals surface area contributed by atoms with Gasteiger partial charge < -0.3 is 15.2 Å². The first kappa shape index (κ1) is 16.1. The molecule has 0 aliphatic heterocycles. The van der Waals surface area contributed by atoms with Crippen LogP contribution in [-0.4, -0.2) is 53.5 Å². The van der Waals surface area contributed by atoms with Gasteiger partial charge in [0.2, 0.25) is 11.6 Å². The van der Waals surface area contributed by atoms with Crippen LogP contribution in [0, 0.1) is 10.1 Å². The fourth-order valence-electron chi connectivity index (χ4n) is 1.87. The monoisotopic (exact) mass is 283 g/mol. The van der Waals surface area contributed by atoms with E-state index in [1.54, 1.807) is 0 Å². The van der Waals surface area contributed by atoms with E-state index in [4.69, 9.17) is 5.84 Å². The molecule has 0 aromatic carbocycles. The number of nitrogens with one attached hydrogen (secondary N) is 1. The van der Waals surface area contributed by atoms with Crippen LogP contribution in [0.2, 0.25) is 0 Å². The topological polar surface area (TPSA) is 113 Å². The van der Waals surface area contributed by atoms with Crippen molar-refractivity contribution in [2.75, 3.05) is 44.1 Å². The highest BCUT2D eigenvalue weighted by Crippen LogP contribution is 2.30. The maximum Gasteiger partial charge on any atom is 0.354 e. The van der Waals surface area contributed by atoms with Gasteiger partial charge in [-0.3, -0.25) is 10.1 Å². The fraction of sp³-hybridized carbons (Fsp3) is 0.636. The van der Waals surface area contributed by atoms with E-state index in [2.05, 4.69) is 20.3 Å². The van der Waals surface area contributed by atoms with E-state index in [-0.39, 0.29) is 11.5 Å². The summed E-state index contributed by atoms with van der Waals surface area (Å²) in [4.78, 5) is 22.4. The summed E-state index contributed by atoms with van der Waals surface area (Å²) < 4.78 is 0. The Morgan fingerprint density at radius 1 is 1.40 bits per heavy atom. The molecule has 9 heteroatoms. The van der Waals surface area contributed by atoms with E-state index in [0.29, 0.717) is 18.9 Å². The molecule has 0 atom stereocenters. The van der Waals surface area contributed by atoms with E-state index >= 15 is 0 Å². The summed E-state index contributed by atoms with van der Waals surface area (Å²) in [6, 6.07) is 0. The lowest BCUT2D eigenvalue weighted by Gasteiger charge is -2.22. The van der Waals surface area contributed by atoms with E-state index in [9.17, 15) is 10.1 Å². The number of nitro groups is 1. The summed E-state index contributed by atoms with van der Waals surface area (Å²) in [5.41, 5.74) is 2.05. The molecule has 1 heterocycles. The summed E-state index contributed by atoms with van der Waals surface area (Å²) in [6.45, 7) is 4.13. The number of hydrogen-bond acceptors (Lipinski definition) is 8. The van der Waals surface area contributed by atoms with Gasteiger partial charge in [-0.25, -0.2) is 15.8 Å². The second-order valence-corrected chi connectivity index (χ2v) is 4.53. The van der Waals surface area contributed by atoms with Crippen LogP contribution in [0.15, 0.2) is 6.33 Å². The van der Waals surface area contributed by atoms with Crippen LogP contribution < -0.4 is 16.2 Å². The van der Waals surface area contributed by atoms with E-state index < -0.39 is 4.92 Å². The summed E-state index contributed by atoms with van der Waals surface area (Å²) in [5, 5.41) is 11.2. The van der Waals surface area contributed by atoms with Gasteiger partial charge in [-0.2, -0.15) is 0 Å². The molecule has 0 spiro atoms. The molecule has 0 aliphatic rings. The fourth-order valence-corrected chi connectivity index (χ4v) is 1.87. The molecule has 0 unspecified atom stereocenters. The van der Waals surface area contributed by atoms with Crippen molar-refractivity contribution in [2.45, 2.75) is 13.3 Å². The minimum atomic E-state index is -0.515. The highest BCUT2D eigenvalue weighted by atomic mass is 16.6. The summed E-state index contributed by atoms with van der Waals surface area (Å²) in [6.07, 6.45) is 2.15. The maximum atomic E-state index is 11.2. The Morgan fingerprint density at radius 3 is 2.60 bits per heavy atom. The minimum Gasteiger partial charge on any atom is -0.351 e. The molecule has 1 aromatic heterocycles. The third kappa shape index (κ3) is 4.00. The Bertz CT molecular complexity index is 452. The predicted octanol–water partition coefficient (Wildman–Crippen LogP) is 0.448. The van der Waals surface area contributed by atoms with Gasteiger partial charge in [-0.15, -0.1) is 0 Å². The highest BCUT2D eigenvalue weighted by Gasteiger charge is 2.25. The van der Waals surface area contributed by atoms with Crippen LogP contribution >= 0.6 is 0 Å². The van der Waals surface area contributed by atoms with Crippen molar-refractivity contribution >= 4 is 17.3 Å². The van der Waals surface area contributed by atoms with Gasteiger partial charge in [0.25, 0.3) is 0 Å². The first-order chi connectivity index (χ1) is 9.51. The third-order valence-corrected chi connectivity index (χ3v) is 2.84. The zero-order valence-electron chi connectivity index (χ0n) is 12.0. The van der Waals surface area contributed by atoms with Crippen molar-refractivity contribution in [1.29, 1.82) is 0 Å². The number of rotatable bonds is 8. The molecule has 0 saturated heterocycles. The minimum absolute atomic E-state index is 0.0195. The van der Waals surface area contributed by atoms with Crippen LogP contribution in [-0.2, 0) is 0 Å². The highest BCUT2D eigenvalue weighted by molar-refractivity contribution is 5.69. The number of nitrogens with two attached hydrogens (primary N) is 1. The molecule has 9 nitrogen and oxygen atoms in total. The number of nitrogens with zero attached hydrogens (tertiary/aromatic N) is 5. The Morgan fingerprint density at radius 2 is 2.10 bits per heavy atom. The van der Waals surface area contributed by atoms with Crippen molar-refractivity contribution in [2.24, 2.45) is 5.84 Å². The van der Waals surface area contributed by atoms with Crippen LogP contribution in [0.1, 0.15) is 13.3 Å². The van der Waals surface area contributed by atoms with Gasteiger partial charge in [-0.1, -0.05) is 0 Å². The number of nitrogen functional groups attached to an aromatic ring is 1. The smallest absolute Gasteiger partial charge is 0.351 e. The number of hydrazine groups is 1. The zero-order valence-corrected chi connectivity index (χ0v) is 12.0. The number of aromatic nitrogens is 2. The molecule has 20 heavy (non-hydrogen) atoms. The maximum absolute atomic E-state index is 11.2. The van der Waals surface area contributed by atoms with Crippen LogP contribution in [0.25, 0.3) is 0 Å².